The fourth-order valence-electron chi connectivity index (χ4n) is 14.0. The Morgan fingerprint density at radius 1 is 0.273 bits per heavy atom. The second-order valence-electron chi connectivity index (χ2n) is 27.3. The molecule has 3 heterocycles. The highest BCUT2D eigenvalue weighted by atomic mass is 15.2. The van der Waals surface area contributed by atoms with Crippen molar-refractivity contribution in [3.8, 4) is 61.3 Å². The molecule has 0 unspecified atom stereocenters. The maximum atomic E-state index is 2.70. The lowest BCUT2D eigenvalue weighted by molar-refractivity contribution is 0.569. The number of fused-ring (bicyclic) bond motifs is 7. The molecular weight excluding hydrogens is 1060 g/mol. The van der Waals surface area contributed by atoms with Gasteiger partial charge in [0.2, 0.25) is 0 Å². The Bertz CT molecular complexity index is 4640. The van der Waals surface area contributed by atoms with E-state index in [0.717, 1.165) is 56.1 Å². The van der Waals surface area contributed by atoms with Crippen LogP contribution in [-0.4, -0.2) is 11.3 Å². The number of benzene rings is 12. The molecule has 0 fully saturated rings. The fourth-order valence-corrected chi connectivity index (χ4v) is 14.0. The predicted octanol–water partition coefficient (Wildman–Crippen LogP) is 21.1. The average Bonchev–Trinajstić information content (AvgIpc) is 1.06. The number of rotatable bonds is 8. The third-order valence-electron chi connectivity index (χ3n) is 18.6. The monoisotopic (exact) mass is 1130 g/mol. The zero-order chi connectivity index (χ0) is 60.2. The summed E-state index contributed by atoms with van der Waals surface area (Å²) in [5, 5.41) is 2.48. The minimum Gasteiger partial charge on any atom is -0.310 e. The van der Waals surface area contributed by atoms with Crippen LogP contribution in [0, 0.1) is 0 Å². The van der Waals surface area contributed by atoms with Gasteiger partial charge in [0.15, 0.2) is 0 Å². The molecule has 15 rings (SSSR count). The molecule has 426 valence electrons. The fraction of sp³-hybridized carbons (Fsp3) is 0.143. The number of anilines is 6. The van der Waals surface area contributed by atoms with Crippen LogP contribution in [0.4, 0.5) is 34.1 Å². The first-order valence-electron chi connectivity index (χ1n) is 31.3. The van der Waals surface area contributed by atoms with Crippen molar-refractivity contribution in [2.75, 3.05) is 9.80 Å². The van der Waals surface area contributed by atoms with Crippen molar-refractivity contribution >= 4 is 79.0 Å². The van der Waals surface area contributed by atoms with Crippen LogP contribution in [0.5, 0.6) is 0 Å². The Hall–Kier alpha value is -9.90. The predicted molar refractivity (Wildman–Crippen MR) is 378 cm³/mol. The van der Waals surface area contributed by atoms with Gasteiger partial charge in [-0.05, 0) is 125 Å². The van der Waals surface area contributed by atoms with Gasteiger partial charge in [-0.1, -0.05) is 293 Å². The SMILES string of the molecule is CC(C)(C)c1cc(-c2ccc3c(c2)N(c2c(-c4ccccc4)cccc2-c2ccccc2)c2cc(C(C)(C)C)cc4c2B3c2ccc(-n3c5ccccc5c5ccccc53)cc2N4c2c(-c3ccccc3)cccc2-c2ccccc2)cc(C(C)(C)C)c1. The molecule has 0 amide bonds. The quantitative estimate of drug-likeness (QED) is 0.141. The molecule has 0 N–H and O–H groups in total. The molecule has 13 aromatic rings. The summed E-state index contributed by atoms with van der Waals surface area (Å²) >= 11 is 0. The van der Waals surface area contributed by atoms with E-state index in [1.54, 1.807) is 0 Å². The molecule has 0 saturated heterocycles. The molecule has 88 heavy (non-hydrogen) atoms. The Morgan fingerprint density at radius 3 is 1.05 bits per heavy atom. The van der Waals surface area contributed by atoms with Crippen molar-refractivity contribution < 1.29 is 0 Å². The number of hydrogen-bond donors (Lipinski definition) is 0. The highest BCUT2D eigenvalue weighted by molar-refractivity contribution is 7.00. The standard InChI is InChI=1S/C84H72BN3/c1-82(2,3)61-48-60(49-62(51-61)83(4,5)6)59-44-46-71-75(50-59)87(80-65(55-28-14-10-15-29-55)38-26-39-66(80)56-30-16-11-17-31-56)77-52-63(84(7,8)9)53-78-79(77)85(71)72-47-45-64(86-73-42-24-22-36-69(73)70-37-23-25-43-74(70)86)54-76(72)88(78)81-67(57-32-18-12-19-33-57)40-27-41-68(81)58-34-20-13-21-35-58/h10-54H,1-9H3. The Kier molecular flexibility index (Phi) is 13.0. The summed E-state index contributed by atoms with van der Waals surface area (Å²) in [7, 11) is 0. The van der Waals surface area contributed by atoms with E-state index in [1.165, 1.54) is 94.2 Å². The van der Waals surface area contributed by atoms with Crippen LogP contribution in [0.3, 0.4) is 0 Å². The molecule has 12 aromatic carbocycles. The van der Waals surface area contributed by atoms with Gasteiger partial charge in [0.25, 0.3) is 6.71 Å². The summed E-state index contributed by atoms with van der Waals surface area (Å²) in [5.74, 6) is 0. The van der Waals surface area contributed by atoms with Crippen LogP contribution in [0.25, 0.3) is 83.1 Å². The summed E-state index contributed by atoms with van der Waals surface area (Å²) in [4.78, 5) is 5.38. The van der Waals surface area contributed by atoms with Gasteiger partial charge in [0, 0.05) is 61.5 Å². The van der Waals surface area contributed by atoms with Crippen LogP contribution in [0.15, 0.2) is 273 Å². The lowest BCUT2D eigenvalue weighted by Crippen LogP contribution is -2.61. The number of aromatic nitrogens is 1. The molecular formula is C84H72BN3. The maximum absolute atomic E-state index is 2.70. The lowest BCUT2D eigenvalue weighted by Gasteiger charge is -2.46. The van der Waals surface area contributed by atoms with Crippen molar-refractivity contribution in [1.29, 1.82) is 0 Å². The van der Waals surface area contributed by atoms with E-state index in [1.807, 2.05) is 0 Å². The molecule has 0 spiro atoms. The van der Waals surface area contributed by atoms with Crippen molar-refractivity contribution in [3.05, 3.63) is 290 Å². The van der Waals surface area contributed by atoms with Crippen LogP contribution in [0.2, 0.25) is 0 Å². The molecule has 2 aliphatic heterocycles. The van der Waals surface area contributed by atoms with Crippen LogP contribution in [0.1, 0.15) is 79.0 Å². The summed E-state index contributed by atoms with van der Waals surface area (Å²) in [5.41, 5.74) is 29.5. The van der Waals surface area contributed by atoms with Crippen molar-refractivity contribution in [2.24, 2.45) is 0 Å². The van der Waals surface area contributed by atoms with Gasteiger partial charge in [-0.25, -0.2) is 0 Å². The van der Waals surface area contributed by atoms with E-state index in [-0.39, 0.29) is 23.0 Å². The minimum absolute atomic E-state index is 0.0660. The number of nitrogens with zero attached hydrogens (tertiary/aromatic N) is 3. The topological polar surface area (TPSA) is 11.4 Å². The average molecular weight is 1130 g/mol. The lowest BCUT2D eigenvalue weighted by atomic mass is 9.33. The van der Waals surface area contributed by atoms with Crippen LogP contribution >= 0.6 is 0 Å². The zero-order valence-corrected chi connectivity index (χ0v) is 51.9. The van der Waals surface area contributed by atoms with E-state index in [0.29, 0.717) is 0 Å². The molecule has 0 bridgehead atoms. The van der Waals surface area contributed by atoms with E-state index in [4.69, 9.17) is 0 Å². The molecule has 0 aliphatic carbocycles. The molecule has 0 saturated carbocycles. The molecule has 0 atom stereocenters. The summed E-state index contributed by atoms with van der Waals surface area (Å²) in [6.07, 6.45) is 0. The van der Waals surface area contributed by atoms with Gasteiger partial charge in [0.1, 0.15) is 0 Å². The summed E-state index contributed by atoms with van der Waals surface area (Å²) in [6.45, 7) is 21.1. The van der Waals surface area contributed by atoms with Crippen LogP contribution in [-0.2, 0) is 16.2 Å². The molecule has 0 radical (unpaired) electrons. The third kappa shape index (κ3) is 9.19. The first-order chi connectivity index (χ1) is 42.6. The third-order valence-corrected chi connectivity index (χ3v) is 18.6. The van der Waals surface area contributed by atoms with Gasteiger partial charge in [-0.2, -0.15) is 0 Å². The van der Waals surface area contributed by atoms with E-state index in [2.05, 4.69) is 350 Å². The van der Waals surface area contributed by atoms with E-state index >= 15 is 0 Å². The van der Waals surface area contributed by atoms with Crippen molar-refractivity contribution in [3.63, 3.8) is 0 Å². The van der Waals surface area contributed by atoms with Gasteiger partial charge in [-0.15, -0.1) is 0 Å². The Balaban J connectivity index is 1.12. The smallest absolute Gasteiger partial charge is 0.252 e. The van der Waals surface area contributed by atoms with Gasteiger partial charge in [0.05, 0.1) is 22.4 Å². The summed E-state index contributed by atoms with van der Waals surface area (Å²) in [6, 6.07) is 103. The molecule has 4 heteroatoms. The maximum Gasteiger partial charge on any atom is 0.252 e. The second-order valence-corrected chi connectivity index (χ2v) is 27.3. The van der Waals surface area contributed by atoms with Crippen molar-refractivity contribution in [2.45, 2.75) is 78.6 Å². The van der Waals surface area contributed by atoms with Crippen LogP contribution < -0.4 is 26.2 Å². The highest BCUT2D eigenvalue weighted by Gasteiger charge is 2.46. The van der Waals surface area contributed by atoms with Gasteiger partial charge in [-0.3, -0.25) is 0 Å². The highest BCUT2D eigenvalue weighted by Crippen LogP contribution is 2.54. The van der Waals surface area contributed by atoms with E-state index in [9.17, 15) is 0 Å². The first-order valence-corrected chi connectivity index (χ1v) is 31.3. The van der Waals surface area contributed by atoms with Gasteiger partial charge < -0.3 is 14.4 Å². The molecule has 1 aromatic heterocycles. The minimum atomic E-state index is -0.273. The van der Waals surface area contributed by atoms with Gasteiger partial charge >= 0.3 is 0 Å². The van der Waals surface area contributed by atoms with Crippen molar-refractivity contribution in [1.82, 2.24) is 4.57 Å². The number of hydrogen-bond acceptors (Lipinski definition) is 2. The molecule has 3 nitrogen and oxygen atoms in total. The second kappa shape index (κ2) is 20.9. The Morgan fingerprint density at radius 2 is 0.636 bits per heavy atom. The zero-order valence-electron chi connectivity index (χ0n) is 51.9. The largest absolute Gasteiger partial charge is 0.310 e. The normalized spacial score (nSPS) is 13.0. The first kappa shape index (κ1) is 54.7. The Labute approximate surface area is 519 Å². The summed E-state index contributed by atoms with van der Waals surface area (Å²) < 4.78 is 2.49. The number of para-hydroxylation sites is 4. The molecule has 2 aliphatic rings. The van der Waals surface area contributed by atoms with E-state index < -0.39 is 0 Å².